The van der Waals surface area contributed by atoms with Crippen molar-refractivity contribution in [3.8, 4) is 0 Å². The molecule has 1 aromatic heterocycles. The smallest absolute Gasteiger partial charge is 0.227 e. The number of carbonyl (C=O) groups excluding carboxylic acids is 1. The van der Waals surface area contributed by atoms with Crippen molar-refractivity contribution in [1.82, 2.24) is 4.98 Å². The quantitative estimate of drug-likeness (QED) is 0.848. The maximum atomic E-state index is 11.9. The molecule has 2 unspecified atom stereocenters. The standard InChI is InChI=1S/C13H20BrN3O/c1-9(4-3-5-10(2)15)13(18)17-12-6-11(14)7-16-8-12/h6-10H,3-5,15H2,1-2H3,(H,17,18). The average Bonchev–Trinajstić information content (AvgIpc) is 2.28. The Labute approximate surface area is 116 Å². The molecule has 1 heterocycles. The SMILES string of the molecule is CC(N)CCCC(C)C(=O)Nc1cncc(Br)c1. The number of amides is 1. The summed E-state index contributed by atoms with van der Waals surface area (Å²) >= 11 is 3.32. The summed E-state index contributed by atoms with van der Waals surface area (Å²) in [5.41, 5.74) is 6.40. The molecule has 0 aliphatic carbocycles. The highest BCUT2D eigenvalue weighted by molar-refractivity contribution is 9.10. The van der Waals surface area contributed by atoms with Gasteiger partial charge in [-0.15, -0.1) is 0 Å². The van der Waals surface area contributed by atoms with E-state index in [1.807, 2.05) is 19.9 Å². The van der Waals surface area contributed by atoms with Crippen LogP contribution < -0.4 is 11.1 Å². The second-order valence-electron chi connectivity index (χ2n) is 4.69. The van der Waals surface area contributed by atoms with E-state index >= 15 is 0 Å². The van der Waals surface area contributed by atoms with Crippen LogP contribution in [0.3, 0.4) is 0 Å². The predicted molar refractivity (Wildman–Crippen MR) is 77.2 cm³/mol. The van der Waals surface area contributed by atoms with Crippen molar-refractivity contribution < 1.29 is 4.79 Å². The van der Waals surface area contributed by atoms with Gasteiger partial charge in [-0.05, 0) is 41.8 Å². The van der Waals surface area contributed by atoms with Crippen molar-refractivity contribution in [3.63, 3.8) is 0 Å². The number of pyridine rings is 1. The number of hydrogen-bond donors (Lipinski definition) is 2. The summed E-state index contributed by atoms with van der Waals surface area (Å²) in [7, 11) is 0. The normalized spacial score (nSPS) is 14.0. The van der Waals surface area contributed by atoms with Crippen LogP contribution in [0.1, 0.15) is 33.1 Å². The molecule has 1 aromatic rings. The molecule has 100 valence electrons. The van der Waals surface area contributed by atoms with Crippen LogP contribution in [0.2, 0.25) is 0 Å². The van der Waals surface area contributed by atoms with Crippen molar-refractivity contribution in [2.75, 3.05) is 5.32 Å². The van der Waals surface area contributed by atoms with E-state index in [0.717, 1.165) is 23.7 Å². The number of carbonyl (C=O) groups is 1. The summed E-state index contributed by atoms with van der Waals surface area (Å²) in [4.78, 5) is 15.9. The minimum absolute atomic E-state index is 0.0114. The molecule has 0 saturated carbocycles. The number of aromatic nitrogens is 1. The number of nitrogens with zero attached hydrogens (tertiary/aromatic N) is 1. The summed E-state index contributed by atoms with van der Waals surface area (Å²) in [5, 5.41) is 2.86. The summed E-state index contributed by atoms with van der Waals surface area (Å²) in [5.74, 6) is 0.0160. The van der Waals surface area contributed by atoms with Gasteiger partial charge in [-0.3, -0.25) is 9.78 Å². The van der Waals surface area contributed by atoms with Gasteiger partial charge in [0.15, 0.2) is 0 Å². The summed E-state index contributed by atoms with van der Waals surface area (Å²) in [6.45, 7) is 3.92. The van der Waals surface area contributed by atoms with Gasteiger partial charge >= 0.3 is 0 Å². The van der Waals surface area contributed by atoms with Crippen molar-refractivity contribution >= 4 is 27.5 Å². The summed E-state index contributed by atoms with van der Waals surface area (Å²) in [6.07, 6.45) is 6.10. The van der Waals surface area contributed by atoms with Crippen LogP contribution in [-0.4, -0.2) is 16.9 Å². The Morgan fingerprint density at radius 3 is 2.78 bits per heavy atom. The number of nitrogens with one attached hydrogen (secondary N) is 1. The van der Waals surface area contributed by atoms with Gasteiger partial charge in [0.2, 0.25) is 5.91 Å². The van der Waals surface area contributed by atoms with Crippen LogP contribution in [0.25, 0.3) is 0 Å². The van der Waals surface area contributed by atoms with E-state index in [4.69, 9.17) is 5.73 Å². The first kappa shape index (κ1) is 15.1. The number of anilines is 1. The molecule has 0 spiro atoms. The van der Waals surface area contributed by atoms with Crippen LogP contribution >= 0.6 is 15.9 Å². The molecule has 5 heteroatoms. The molecule has 2 atom stereocenters. The van der Waals surface area contributed by atoms with E-state index in [0.29, 0.717) is 5.69 Å². The first-order valence-corrected chi connectivity index (χ1v) is 6.95. The molecule has 1 amide bonds. The summed E-state index contributed by atoms with van der Waals surface area (Å²) < 4.78 is 0.852. The lowest BCUT2D eigenvalue weighted by atomic mass is 10.0. The lowest BCUT2D eigenvalue weighted by Gasteiger charge is -2.12. The molecule has 0 aliphatic heterocycles. The van der Waals surface area contributed by atoms with Gasteiger partial charge in [0.25, 0.3) is 0 Å². The van der Waals surface area contributed by atoms with Crippen LogP contribution in [-0.2, 0) is 4.79 Å². The van der Waals surface area contributed by atoms with Crippen LogP contribution in [0.15, 0.2) is 22.9 Å². The maximum Gasteiger partial charge on any atom is 0.227 e. The zero-order valence-electron chi connectivity index (χ0n) is 10.8. The molecule has 1 rings (SSSR count). The molecule has 0 aliphatic rings. The van der Waals surface area contributed by atoms with Crippen molar-refractivity contribution in [1.29, 1.82) is 0 Å². The summed E-state index contributed by atoms with van der Waals surface area (Å²) in [6, 6.07) is 2.04. The Morgan fingerprint density at radius 1 is 1.44 bits per heavy atom. The van der Waals surface area contributed by atoms with E-state index in [1.165, 1.54) is 0 Å². The number of halogens is 1. The topological polar surface area (TPSA) is 68.0 Å². The number of nitrogens with two attached hydrogens (primary N) is 1. The maximum absolute atomic E-state index is 11.9. The van der Waals surface area contributed by atoms with Crippen LogP contribution in [0.5, 0.6) is 0 Å². The molecule has 0 saturated heterocycles. The minimum atomic E-state index is -0.0114. The Hall–Kier alpha value is -0.940. The largest absolute Gasteiger partial charge is 0.328 e. The van der Waals surface area contributed by atoms with Crippen molar-refractivity contribution in [2.24, 2.45) is 11.7 Å². The molecule has 0 radical (unpaired) electrons. The molecule has 0 bridgehead atoms. The minimum Gasteiger partial charge on any atom is -0.328 e. The van der Waals surface area contributed by atoms with E-state index in [2.05, 4.69) is 26.2 Å². The fourth-order valence-electron chi connectivity index (χ4n) is 1.62. The zero-order chi connectivity index (χ0) is 13.5. The average molecular weight is 314 g/mol. The fourth-order valence-corrected chi connectivity index (χ4v) is 1.99. The van der Waals surface area contributed by atoms with Crippen LogP contribution in [0, 0.1) is 5.92 Å². The Balaban J connectivity index is 2.40. The van der Waals surface area contributed by atoms with Gasteiger partial charge in [0.1, 0.15) is 0 Å². The first-order chi connectivity index (χ1) is 8.49. The third-order valence-electron chi connectivity index (χ3n) is 2.72. The van der Waals surface area contributed by atoms with Crippen LogP contribution in [0.4, 0.5) is 5.69 Å². The number of rotatable bonds is 6. The molecular formula is C13H20BrN3O. The third-order valence-corrected chi connectivity index (χ3v) is 3.15. The highest BCUT2D eigenvalue weighted by Gasteiger charge is 2.13. The molecule has 18 heavy (non-hydrogen) atoms. The molecule has 0 aromatic carbocycles. The van der Waals surface area contributed by atoms with Gasteiger partial charge in [-0.25, -0.2) is 0 Å². The van der Waals surface area contributed by atoms with Gasteiger partial charge in [-0.2, -0.15) is 0 Å². The van der Waals surface area contributed by atoms with Gasteiger partial charge in [0.05, 0.1) is 11.9 Å². The second kappa shape index (κ2) is 7.48. The number of hydrogen-bond acceptors (Lipinski definition) is 3. The third kappa shape index (κ3) is 5.60. The first-order valence-electron chi connectivity index (χ1n) is 6.16. The Kier molecular flexibility index (Phi) is 6.29. The lowest BCUT2D eigenvalue weighted by molar-refractivity contribution is -0.119. The Bertz CT molecular complexity index is 396. The van der Waals surface area contributed by atoms with E-state index in [-0.39, 0.29) is 17.9 Å². The van der Waals surface area contributed by atoms with Gasteiger partial charge in [-0.1, -0.05) is 13.3 Å². The van der Waals surface area contributed by atoms with Crippen molar-refractivity contribution in [3.05, 3.63) is 22.9 Å². The monoisotopic (exact) mass is 313 g/mol. The molecular weight excluding hydrogens is 294 g/mol. The highest BCUT2D eigenvalue weighted by atomic mass is 79.9. The van der Waals surface area contributed by atoms with E-state index in [1.54, 1.807) is 12.4 Å². The Morgan fingerprint density at radius 2 is 2.17 bits per heavy atom. The molecule has 3 N–H and O–H groups in total. The predicted octanol–water partition coefficient (Wildman–Crippen LogP) is 2.94. The fraction of sp³-hybridized carbons (Fsp3) is 0.538. The van der Waals surface area contributed by atoms with Crippen molar-refractivity contribution in [2.45, 2.75) is 39.2 Å². The molecule has 0 fully saturated rings. The van der Waals surface area contributed by atoms with Gasteiger partial charge < -0.3 is 11.1 Å². The lowest BCUT2D eigenvalue weighted by Crippen LogP contribution is -2.21. The second-order valence-corrected chi connectivity index (χ2v) is 5.61. The highest BCUT2D eigenvalue weighted by Crippen LogP contribution is 2.16. The van der Waals surface area contributed by atoms with E-state index < -0.39 is 0 Å². The van der Waals surface area contributed by atoms with E-state index in [9.17, 15) is 4.79 Å². The van der Waals surface area contributed by atoms with Gasteiger partial charge in [0, 0.05) is 22.6 Å². The molecule has 4 nitrogen and oxygen atoms in total. The zero-order valence-corrected chi connectivity index (χ0v) is 12.4.